The van der Waals surface area contributed by atoms with Crippen LogP contribution in [0.15, 0.2) is 36.5 Å². The number of fused-ring (bicyclic) bond motifs is 1. The van der Waals surface area contributed by atoms with Crippen LogP contribution in [0.4, 0.5) is 19.0 Å². The van der Waals surface area contributed by atoms with Gasteiger partial charge >= 0.3 is 12.1 Å². The van der Waals surface area contributed by atoms with Crippen LogP contribution in [0.25, 0.3) is 22.4 Å². The molecule has 0 unspecified atom stereocenters. The summed E-state index contributed by atoms with van der Waals surface area (Å²) < 4.78 is 39.9. The second-order valence-corrected chi connectivity index (χ2v) is 9.72. The topological polar surface area (TPSA) is 82.1 Å². The number of H-pyrrole nitrogens is 1. The first-order chi connectivity index (χ1) is 16.2. The molecule has 34 heavy (non-hydrogen) atoms. The van der Waals surface area contributed by atoms with Crippen LogP contribution < -0.4 is 4.90 Å². The van der Waals surface area contributed by atoms with Gasteiger partial charge in [-0.05, 0) is 74.1 Å². The molecular formula is C25H27F3N4O2. The van der Waals surface area contributed by atoms with E-state index in [1.54, 1.807) is 12.3 Å². The maximum absolute atomic E-state index is 13.3. The van der Waals surface area contributed by atoms with E-state index >= 15 is 0 Å². The highest BCUT2D eigenvalue weighted by Gasteiger charge is 2.38. The number of benzene rings is 1. The molecule has 6 nitrogen and oxygen atoms in total. The Kier molecular flexibility index (Phi) is 5.73. The van der Waals surface area contributed by atoms with Crippen LogP contribution in [-0.2, 0) is 11.0 Å². The monoisotopic (exact) mass is 472 g/mol. The van der Waals surface area contributed by atoms with Gasteiger partial charge in [0.1, 0.15) is 17.2 Å². The second kappa shape index (κ2) is 8.60. The van der Waals surface area contributed by atoms with Crippen molar-refractivity contribution in [3.63, 3.8) is 0 Å². The van der Waals surface area contributed by atoms with Gasteiger partial charge in [-0.3, -0.25) is 4.79 Å². The Morgan fingerprint density at radius 3 is 2.47 bits per heavy atom. The molecule has 3 heterocycles. The van der Waals surface area contributed by atoms with Gasteiger partial charge in [0, 0.05) is 31.3 Å². The maximum Gasteiger partial charge on any atom is 0.418 e. The van der Waals surface area contributed by atoms with Gasteiger partial charge in [-0.1, -0.05) is 6.07 Å². The molecule has 2 fully saturated rings. The fourth-order valence-electron chi connectivity index (χ4n) is 5.56. The SMILES string of the molecule is O=C(O)CC1CCC2(CC1)CCN(c1ccc(-c3nc4c(C(F)(F)F)cccc4[nH]3)cn1)CC2. The third-order valence-corrected chi connectivity index (χ3v) is 7.62. The third kappa shape index (κ3) is 4.48. The molecule has 5 rings (SSSR count). The zero-order valence-corrected chi connectivity index (χ0v) is 18.7. The number of aliphatic carboxylic acids is 1. The van der Waals surface area contributed by atoms with Gasteiger partial charge in [-0.25, -0.2) is 9.97 Å². The van der Waals surface area contributed by atoms with Crippen LogP contribution in [-0.4, -0.2) is 39.1 Å². The van der Waals surface area contributed by atoms with E-state index in [1.165, 1.54) is 6.07 Å². The molecule has 1 spiro atoms. The number of rotatable bonds is 4. The van der Waals surface area contributed by atoms with Crippen LogP contribution in [0.2, 0.25) is 0 Å². The quantitative estimate of drug-likeness (QED) is 0.494. The largest absolute Gasteiger partial charge is 0.481 e. The fourth-order valence-corrected chi connectivity index (χ4v) is 5.56. The number of nitrogens with zero attached hydrogens (tertiary/aromatic N) is 3. The number of imidazole rings is 1. The van der Waals surface area contributed by atoms with E-state index in [2.05, 4.69) is 19.9 Å². The molecule has 1 saturated carbocycles. The molecule has 3 aromatic rings. The zero-order valence-electron chi connectivity index (χ0n) is 18.7. The lowest BCUT2D eigenvalue weighted by Crippen LogP contribution is -2.42. The Bertz CT molecular complexity index is 1170. The minimum Gasteiger partial charge on any atom is -0.481 e. The summed E-state index contributed by atoms with van der Waals surface area (Å²) in [5.41, 5.74) is 0.451. The molecule has 1 saturated heterocycles. The number of para-hydroxylation sites is 1. The second-order valence-electron chi connectivity index (χ2n) is 9.72. The van der Waals surface area contributed by atoms with Gasteiger partial charge < -0.3 is 15.0 Å². The van der Waals surface area contributed by atoms with E-state index in [4.69, 9.17) is 5.11 Å². The van der Waals surface area contributed by atoms with Crippen molar-refractivity contribution in [3.8, 4) is 11.4 Å². The number of hydrogen-bond donors (Lipinski definition) is 2. The number of carbonyl (C=O) groups is 1. The van der Waals surface area contributed by atoms with Gasteiger partial charge in [0.05, 0.1) is 11.1 Å². The van der Waals surface area contributed by atoms with Crippen molar-refractivity contribution in [2.24, 2.45) is 11.3 Å². The van der Waals surface area contributed by atoms with E-state index in [0.29, 0.717) is 28.2 Å². The number of nitrogens with one attached hydrogen (secondary N) is 1. The molecule has 2 N–H and O–H groups in total. The highest BCUT2D eigenvalue weighted by molar-refractivity contribution is 5.82. The zero-order chi connectivity index (χ0) is 23.9. The molecule has 1 aromatic carbocycles. The van der Waals surface area contributed by atoms with Gasteiger partial charge in [0.15, 0.2) is 0 Å². The number of aromatic amines is 1. The summed E-state index contributed by atoms with van der Waals surface area (Å²) in [4.78, 5) is 25.0. The molecule has 0 atom stereocenters. The number of pyridine rings is 1. The van der Waals surface area contributed by atoms with Crippen molar-refractivity contribution < 1.29 is 23.1 Å². The highest BCUT2D eigenvalue weighted by Crippen LogP contribution is 2.47. The average Bonchev–Trinajstić information content (AvgIpc) is 3.25. The Balaban J connectivity index is 1.25. The fraction of sp³-hybridized carbons (Fsp3) is 0.480. The number of alkyl halides is 3. The van der Waals surface area contributed by atoms with E-state index in [9.17, 15) is 18.0 Å². The number of aromatic nitrogens is 3. The first-order valence-corrected chi connectivity index (χ1v) is 11.7. The normalized spacial score (nSPS) is 19.1. The van der Waals surface area contributed by atoms with E-state index in [0.717, 1.165) is 63.5 Å². The molecule has 0 bridgehead atoms. The van der Waals surface area contributed by atoms with Crippen LogP contribution in [0, 0.1) is 11.3 Å². The molecule has 0 amide bonds. The Morgan fingerprint density at radius 2 is 1.85 bits per heavy atom. The summed E-state index contributed by atoms with van der Waals surface area (Å²) in [5.74, 6) is 0.821. The van der Waals surface area contributed by atoms with Gasteiger partial charge in [-0.15, -0.1) is 0 Å². The first-order valence-electron chi connectivity index (χ1n) is 11.7. The van der Waals surface area contributed by atoms with Crippen LogP contribution in [0.5, 0.6) is 0 Å². The molecule has 2 aromatic heterocycles. The number of anilines is 1. The van der Waals surface area contributed by atoms with E-state index < -0.39 is 17.7 Å². The standard InChI is InChI=1S/C25H27F3N4O2/c26-25(27,28)18-2-1-3-19-22(18)31-23(30-19)17-4-5-20(29-15-17)32-12-10-24(11-13-32)8-6-16(7-9-24)14-21(33)34/h1-5,15-16H,6-14H2,(H,30,31)(H,33,34). The molecule has 2 aliphatic rings. The summed E-state index contributed by atoms with van der Waals surface area (Å²) in [6, 6.07) is 7.73. The van der Waals surface area contributed by atoms with Gasteiger partial charge in [-0.2, -0.15) is 13.2 Å². The average molecular weight is 473 g/mol. The first kappa shape index (κ1) is 22.7. The van der Waals surface area contributed by atoms with Gasteiger partial charge in [0.2, 0.25) is 0 Å². The van der Waals surface area contributed by atoms with Crippen LogP contribution in [0.3, 0.4) is 0 Å². The summed E-state index contributed by atoms with van der Waals surface area (Å²) >= 11 is 0. The smallest absolute Gasteiger partial charge is 0.418 e. The number of piperidine rings is 1. The molecule has 9 heteroatoms. The molecule has 1 aliphatic heterocycles. The number of carboxylic acid groups (broad SMARTS) is 1. The van der Waals surface area contributed by atoms with Crippen molar-refractivity contribution in [1.29, 1.82) is 0 Å². The van der Waals surface area contributed by atoms with E-state index in [1.807, 2.05) is 12.1 Å². The minimum atomic E-state index is -4.46. The van der Waals surface area contributed by atoms with Crippen molar-refractivity contribution in [3.05, 3.63) is 42.1 Å². The van der Waals surface area contributed by atoms with E-state index in [-0.39, 0.29) is 11.9 Å². The number of halogens is 3. The summed E-state index contributed by atoms with van der Waals surface area (Å²) in [5, 5.41) is 9.04. The van der Waals surface area contributed by atoms with Gasteiger partial charge in [0.25, 0.3) is 0 Å². The lowest BCUT2D eigenvalue weighted by Gasteiger charge is -2.46. The van der Waals surface area contributed by atoms with Crippen molar-refractivity contribution >= 4 is 22.8 Å². The Labute approximate surface area is 195 Å². The Morgan fingerprint density at radius 1 is 1.12 bits per heavy atom. The molecule has 180 valence electrons. The predicted octanol–water partition coefficient (Wildman–Crippen LogP) is 5.90. The summed E-state index contributed by atoms with van der Waals surface area (Å²) in [6.45, 7) is 1.80. The summed E-state index contributed by atoms with van der Waals surface area (Å²) in [6.07, 6.45) is 3.78. The Hall–Kier alpha value is -3.10. The lowest BCUT2D eigenvalue weighted by atomic mass is 9.65. The van der Waals surface area contributed by atoms with Crippen LogP contribution >= 0.6 is 0 Å². The molecule has 1 aliphatic carbocycles. The summed E-state index contributed by atoms with van der Waals surface area (Å²) in [7, 11) is 0. The maximum atomic E-state index is 13.3. The van der Waals surface area contributed by atoms with Crippen molar-refractivity contribution in [1.82, 2.24) is 15.0 Å². The highest BCUT2D eigenvalue weighted by atomic mass is 19.4. The molecular weight excluding hydrogens is 445 g/mol. The predicted molar refractivity (Wildman–Crippen MR) is 122 cm³/mol. The van der Waals surface area contributed by atoms with Crippen LogP contribution in [0.1, 0.15) is 50.5 Å². The molecule has 0 radical (unpaired) electrons. The van der Waals surface area contributed by atoms with Crippen molar-refractivity contribution in [2.75, 3.05) is 18.0 Å². The number of hydrogen-bond acceptors (Lipinski definition) is 4. The lowest BCUT2D eigenvalue weighted by molar-refractivity contribution is -0.139. The number of carboxylic acids is 1. The minimum absolute atomic E-state index is 0.0894. The van der Waals surface area contributed by atoms with Crippen molar-refractivity contribution in [2.45, 2.75) is 51.1 Å². The third-order valence-electron chi connectivity index (χ3n) is 7.62.